The number of rotatable bonds is 5. The highest BCUT2D eigenvalue weighted by Crippen LogP contribution is 2.16. The van der Waals surface area contributed by atoms with Crippen molar-refractivity contribution in [3.63, 3.8) is 0 Å². The molecule has 1 heterocycles. The Morgan fingerprint density at radius 2 is 1.76 bits per heavy atom. The van der Waals surface area contributed by atoms with E-state index in [2.05, 4.69) is 17.3 Å². The first-order valence-corrected chi connectivity index (χ1v) is 7.17. The van der Waals surface area contributed by atoms with Crippen LogP contribution in [0, 0.1) is 0 Å². The van der Waals surface area contributed by atoms with E-state index in [-0.39, 0.29) is 6.03 Å². The summed E-state index contributed by atoms with van der Waals surface area (Å²) < 4.78 is 10.6. The summed E-state index contributed by atoms with van der Waals surface area (Å²) in [6, 6.07) is 7.37. The number of urea groups is 1. The minimum atomic E-state index is -0.0126. The van der Waals surface area contributed by atoms with E-state index in [4.69, 9.17) is 9.47 Å². The van der Waals surface area contributed by atoms with Gasteiger partial charge < -0.3 is 24.6 Å². The number of likely N-dealkylation sites (N-methyl/N-ethyl adjacent to an activating group) is 1. The molecule has 6 heteroatoms. The van der Waals surface area contributed by atoms with Gasteiger partial charge in [0.15, 0.2) is 0 Å². The van der Waals surface area contributed by atoms with Crippen molar-refractivity contribution in [1.29, 1.82) is 0 Å². The maximum atomic E-state index is 11.9. The van der Waals surface area contributed by atoms with Crippen LogP contribution in [0.15, 0.2) is 24.3 Å². The maximum Gasteiger partial charge on any atom is 0.317 e. The first-order chi connectivity index (χ1) is 10.2. The molecule has 1 aromatic rings. The van der Waals surface area contributed by atoms with Crippen molar-refractivity contribution < 1.29 is 14.3 Å². The summed E-state index contributed by atoms with van der Waals surface area (Å²) in [5.41, 5.74) is 0. The predicted octanol–water partition coefficient (Wildman–Crippen LogP) is 1.03. The van der Waals surface area contributed by atoms with E-state index in [1.165, 1.54) is 0 Å². The molecule has 0 bridgehead atoms. The van der Waals surface area contributed by atoms with Gasteiger partial charge in [-0.25, -0.2) is 4.79 Å². The molecule has 1 aliphatic rings. The molecule has 0 aliphatic carbocycles. The number of hydrogen-bond acceptors (Lipinski definition) is 4. The van der Waals surface area contributed by atoms with Gasteiger partial charge in [0.2, 0.25) is 0 Å². The Hall–Kier alpha value is -1.95. The summed E-state index contributed by atoms with van der Waals surface area (Å²) >= 11 is 0. The van der Waals surface area contributed by atoms with Crippen LogP contribution >= 0.6 is 0 Å². The molecule has 6 nitrogen and oxygen atoms in total. The summed E-state index contributed by atoms with van der Waals surface area (Å²) in [5.74, 6) is 1.57. The zero-order valence-electron chi connectivity index (χ0n) is 12.7. The summed E-state index contributed by atoms with van der Waals surface area (Å²) in [6.07, 6.45) is 0. The highest BCUT2D eigenvalue weighted by Gasteiger charge is 2.18. The molecule has 0 aromatic heterocycles. The lowest BCUT2D eigenvalue weighted by molar-refractivity contribution is 0.153. The van der Waals surface area contributed by atoms with E-state index in [1.807, 2.05) is 29.2 Å². The van der Waals surface area contributed by atoms with Gasteiger partial charge in [-0.1, -0.05) is 0 Å². The quantitative estimate of drug-likeness (QED) is 0.824. The van der Waals surface area contributed by atoms with E-state index in [9.17, 15) is 4.79 Å². The molecule has 2 rings (SSSR count). The number of piperazine rings is 1. The third kappa shape index (κ3) is 4.82. The van der Waals surface area contributed by atoms with E-state index < -0.39 is 0 Å². The summed E-state index contributed by atoms with van der Waals surface area (Å²) in [6.45, 7) is 4.36. The van der Waals surface area contributed by atoms with Crippen LogP contribution in [0.5, 0.6) is 11.5 Å². The third-order valence-corrected chi connectivity index (χ3v) is 3.50. The van der Waals surface area contributed by atoms with E-state index in [0.717, 1.165) is 37.7 Å². The van der Waals surface area contributed by atoms with Crippen LogP contribution in [0.3, 0.4) is 0 Å². The van der Waals surface area contributed by atoms with E-state index >= 15 is 0 Å². The van der Waals surface area contributed by atoms with Crippen molar-refractivity contribution in [2.45, 2.75) is 0 Å². The number of nitrogens with zero attached hydrogens (tertiary/aromatic N) is 2. The summed E-state index contributed by atoms with van der Waals surface area (Å²) in [7, 11) is 3.70. The van der Waals surface area contributed by atoms with Gasteiger partial charge in [0, 0.05) is 26.2 Å². The topological polar surface area (TPSA) is 54.0 Å². The minimum Gasteiger partial charge on any atom is -0.497 e. The molecule has 0 atom stereocenters. The van der Waals surface area contributed by atoms with Crippen LogP contribution in [0.2, 0.25) is 0 Å². The zero-order chi connectivity index (χ0) is 15.1. The molecular formula is C15H23N3O3. The highest BCUT2D eigenvalue weighted by atomic mass is 16.5. The van der Waals surface area contributed by atoms with Crippen molar-refractivity contribution in [1.82, 2.24) is 15.1 Å². The average Bonchev–Trinajstić information content (AvgIpc) is 2.52. The van der Waals surface area contributed by atoms with Gasteiger partial charge in [-0.05, 0) is 31.3 Å². The first kappa shape index (κ1) is 15.4. The van der Waals surface area contributed by atoms with Crippen molar-refractivity contribution >= 4 is 6.03 Å². The van der Waals surface area contributed by atoms with Crippen LogP contribution in [-0.4, -0.2) is 69.3 Å². The minimum absolute atomic E-state index is 0.0126. The average molecular weight is 293 g/mol. The van der Waals surface area contributed by atoms with Gasteiger partial charge in [0.25, 0.3) is 0 Å². The molecule has 1 N–H and O–H groups in total. The Kier molecular flexibility index (Phi) is 5.68. The monoisotopic (exact) mass is 293 g/mol. The fourth-order valence-corrected chi connectivity index (χ4v) is 2.12. The number of carbonyl (C=O) groups excluding carboxylic acids is 1. The Morgan fingerprint density at radius 3 is 2.38 bits per heavy atom. The smallest absolute Gasteiger partial charge is 0.317 e. The molecule has 1 saturated heterocycles. The van der Waals surface area contributed by atoms with Crippen LogP contribution in [0.25, 0.3) is 0 Å². The Morgan fingerprint density at radius 1 is 1.14 bits per heavy atom. The Balaban J connectivity index is 1.63. The summed E-state index contributed by atoms with van der Waals surface area (Å²) in [4.78, 5) is 16.0. The molecule has 1 fully saturated rings. The Bertz CT molecular complexity index is 442. The second-order valence-corrected chi connectivity index (χ2v) is 5.05. The van der Waals surface area contributed by atoms with E-state index in [0.29, 0.717) is 13.2 Å². The number of carbonyl (C=O) groups is 1. The van der Waals surface area contributed by atoms with E-state index in [1.54, 1.807) is 7.11 Å². The molecule has 21 heavy (non-hydrogen) atoms. The largest absolute Gasteiger partial charge is 0.497 e. The number of nitrogens with one attached hydrogen (secondary N) is 1. The molecule has 0 saturated carbocycles. The highest BCUT2D eigenvalue weighted by molar-refractivity contribution is 5.74. The van der Waals surface area contributed by atoms with Crippen molar-refractivity contribution in [2.24, 2.45) is 0 Å². The number of ether oxygens (including phenoxy) is 2. The Labute approximate surface area is 125 Å². The fourth-order valence-electron chi connectivity index (χ4n) is 2.12. The molecule has 0 spiro atoms. The standard InChI is InChI=1S/C15H23N3O3/c1-17-8-10-18(11-9-17)15(19)16-7-12-21-14-5-3-13(20-2)4-6-14/h3-6H,7-12H2,1-2H3,(H,16,19). The normalized spacial score (nSPS) is 15.6. The first-order valence-electron chi connectivity index (χ1n) is 7.17. The third-order valence-electron chi connectivity index (χ3n) is 3.50. The van der Waals surface area contributed by atoms with Crippen molar-refractivity contribution in [3.8, 4) is 11.5 Å². The van der Waals surface area contributed by atoms with Gasteiger partial charge >= 0.3 is 6.03 Å². The SMILES string of the molecule is COc1ccc(OCCNC(=O)N2CCN(C)CC2)cc1. The maximum absolute atomic E-state index is 11.9. The number of methoxy groups -OCH3 is 1. The van der Waals surface area contributed by atoms with Crippen LogP contribution < -0.4 is 14.8 Å². The van der Waals surface area contributed by atoms with Gasteiger partial charge in [0.1, 0.15) is 18.1 Å². The van der Waals surface area contributed by atoms with Gasteiger partial charge in [0.05, 0.1) is 13.7 Å². The second-order valence-electron chi connectivity index (χ2n) is 5.05. The van der Waals surface area contributed by atoms with Crippen LogP contribution in [0.1, 0.15) is 0 Å². The van der Waals surface area contributed by atoms with Crippen molar-refractivity contribution in [2.75, 3.05) is 53.5 Å². The van der Waals surface area contributed by atoms with Crippen molar-refractivity contribution in [3.05, 3.63) is 24.3 Å². The molecule has 2 amide bonds. The van der Waals surface area contributed by atoms with Gasteiger partial charge in [-0.15, -0.1) is 0 Å². The molecule has 0 radical (unpaired) electrons. The lowest BCUT2D eigenvalue weighted by Gasteiger charge is -2.32. The summed E-state index contributed by atoms with van der Waals surface area (Å²) in [5, 5.41) is 2.88. The van der Waals surface area contributed by atoms with Crippen LogP contribution in [0.4, 0.5) is 4.79 Å². The molecular weight excluding hydrogens is 270 g/mol. The zero-order valence-corrected chi connectivity index (χ0v) is 12.7. The second kappa shape index (κ2) is 7.73. The number of amides is 2. The molecule has 116 valence electrons. The van der Waals surface area contributed by atoms with Gasteiger partial charge in [-0.2, -0.15) is 0 Å². The molecule has 0 unspecified atom stereocenters. The number of hydrogen-bond donors (Lipinski definition) is 1. The van der Waals surface area contributed by atoms with Gasteiger partial charge in [-0.3, -0.25) is 0 Å². The van der Waals surface area contributed by atoms with Crippen LogP contribution in [-0.2, 0) is 0 Å². The lowest BCUT2D eigenvalue weighted by Crippen LogP contribution is -2.51. The predicted molar refractivity (Wildman–Crippen MR) is 81.0 cm³/mol. The number of benzene rings is 1. The fraction of sp³-hybridized carbons (Fsp3) is 0.533. The molecule has 1 aliphatic heterocycles. The lowest BCUT2D eigenvalue weighted by atomic mass is 10.3. The molecule has 1 aromatic carbocycles.